The molecule has 0 saturated carbocycles. The molecule has 0 aliphatic carbocycles. The van der Waals surface area contributed by atoms with Crippen LogP contribution in [0.25, 0.3) is 11.0 Å². The van der Waals surface area contributed by atoms with E-state index in [4.69, 9.17) is 23.5 Å². The first-order valence-electron chi connectivity index (χ1n) is 10.7. The fraction of sp³-hybridized carbons (Fsp3) is 0.500. The maximum absolute atomic E-state index is 13.4. The number of carbonyl (C=O) groups excluding carboxylic acids is 2. The van der Waals surface area contributed by atoms with Crippen LogP contribution in [0, 0.1) is 5.82 Å². The minimum atomic E-state index is -1.59. The fourth-order valence-electron chi connectivity index (χ4n) is 4.37. The van der Waals surface area contributed by atoms with E-state index in [0.717, 1.165) is 49.2 Å². The molecule has 1 aromatic carbocycles. The molecule has 170 valence electrons. The zero-order chi connectivity index (χ0) is 22.1. The Kier molecular flexibility index (Phi) is 5.66. The van der Waals surface area contributed by atoms with Gasteiger partial charge in [0, 0.05) is 42.5 Å². The highest BCUT2D eigenvalue weighted by Gasteiger charge is 2.44. The van der Waals surface area contributed by atoms with Gasteiger partial charge in [0.05, 0.1) is 18.7 Å². The summed E-state index contributed by atoms with van der Waals surface area (Å²) in [5.74, 6) is -3.10. The highest BCUT2D eigenvalue weighted by Crippen LogP contribution is 2.34. The Hall–Kier alpha value is -2.82. The molecule has 32 heavy (non-hydrogen) atoms. The van der Waals surface area contributed by atoms with E-state index < -0.39 is 24.2 Å². The summed E-state index contributed by atoms with van der Waals surface area (Å²) < 4.78 is 40.8. The van der Waals surface area contributed by atoms with Crippen molar-refractivity contribution in [1.29, 1.82) is 0 Å². The molecule has 0 radical (unpaired) electrons. The van der Waals surface area contributed by atoms with Crippen molar-refractivity contribution >= 4 is 22.9 Å². The number of rotatable bonds is 4. The van der Waals surface area contributed by atoms with Gasteiger partial charge in [-0.25, -0.2) is 14.0 Å². The van der Waals surface area contributed by atoms with Crippen LogP contribution < -0.4 is 0 Å². The number of nitrogens with zero attached hydrogens (tertiary/aromatic N) is 2. The van der Waals surface area contributed by atoms with Crippen molar-refractivity contribution in [2.75, 3.05) is 26.2 Å². The Morgan fingerprint density at radius 2 is 1.94 bits per heavy atom. The van der Waals surface area contributed by atoms with Gasteiger partial charge in [0.25, 0.3) is 0 Å². The number of ether oxygens (including phenoxy) is 4. The number of fused-ring (bicyclic) bond motifs is 3. The van der Waals surface area contributed by atoms with E-state index in [-0.39, 0.29) is 24.8 Å². The lowest BCUT2D eigenvalue weighted by molar-refractivity contribution is -0.424. The van der Waals surface area contributed by atoms with Crippen molar-refractivity contribution in [2.45, 2.75) is 43.9 Å². The third-order valence-electron chi connectivity index (χ3n) is 6.02. The molecular formula is C22H23FN2O7. The van der Waals surface area contributed by atoms with E-state index in [1.54, 1.807) is 6.07 Å². The SMILES string of the molecule is O=C1/C=C/C(=O)OC2(CCN3CCC(c4noc5cc(F)ccc45)CC3)OCCC(O1)O2. The average Bonchev–Trinajstić information content (AvgIpc) is 3.20. The van der Waals surface area contributed by atoms with E-state index in [2.05, 4.69) is 10.1 Å². The lowest BCUT2D eigenvalue weighted by Gasteiger charge is -2.40. The number of likely N-dealkylation sites (tertiary alicyclic amines) is 1. The second-order valence-corrected chi connectivity index (χ2v) is 8.13. The number of halogens is 1. The lowest BCUT2D eigenvalue weighted by atomic mass is 9.91. The Balaban J connectivity index is 1.21. The second kappa shape index (κ2) is 8.61. The average molecular weight is 446 g/mol. The molecule has 4 heterocycles. The van der Waals surface area contributed by atoms with E-state index in [1.165, 1.54) is 12.1 Å². The monoisotopic (exact) mass is 446 g/mol. The van der Waals surface area contributed by atoms with Crippen molar-refractivity contribution < 1.29 is 37.5 Å². The molecule has 3 aliphatic rings. The quantitative estimate of drug-likeness (QED) is 0.656. The maximum Gasteiger partial charge on any atom is 0.335 e. The summed E-state index contributed by atoms with van der Waals surface area (Å²) in [5, 5.41) is 5.03. The summed E-state index contributed by atoms with van der Waals surface area (Å²) in [7, 11) is 0. The summed E-state index contributed by atoms with van der Waals surface area (Å²) >= 11 is 0. The molecule has 2 bridgehead atoms. The number of aromatic nitrogens is 1. The van der Waals surface area contributed by atoms with Crippen LogP contribution in [0.2, 0.25) is 0 Å². The number of hydrogen-bond acceptors (Lipinski definition) is 9. The molecule has 3 aliphatic heterocycles. The molecule has 2 fully saturated rings. The van der Waals surface area contributed by atoms with Crippen molar-refractivity contribution in [3.63, 3.8) is 0 Å². The topological polar surface area (TPSA) is 100 Å². The van der Waals surface area contributed by atoms with Crippen LogP contribution in [0.1, 0.15) is 37.3 Å². The third kappa shape index (κ3) is 4.38. The van der Waals surface area contributed by atoms with Crippen molar-refractivity contribution in [3.05, 3.63) is 41.9 Å². The van der Waals surface area contributed by atoms with Gasteiger partial charge in [-0.2, -0.15) is 0 Å². The fourth-order valence-corrected chi connectivity index (χ4v) is 4.37. The van der Waals surface area contributed by atoms with Crippen LogP contribution >= 0.6 is 0 Å². The molecule has 10 heteroatoms. The van der Waals surface area contributed by atoms with E-state index in [0.29, 0.717) is 18.5 Å². The van der Waals surface area contributed by atoms with Gasteiger partial charge >= 0.3 is 17.9 Å². The van der Waals surface area contributed by atoms with Gasteiger partial charge in [0.2, 0.25) is 6.29 Å². The van der Waals surface area contributed by atoms with E-state index >= 15 is 0 Å². The largest absolute Gasteiger partial charge is 0.432 e. The molecule has 2 atom stereocenters. The first-order valence-corrected chi connectivity index (χ1v) is 10.7. The molecule has 1 aromatic heterocycles. The molecule has 2 saturated heterocycles. The van der Waals surface area contributed by atoms with Gasteiger partial charge < -0.3 is 23.6 Å². The maximum atomic E-state index is 13.4. The molecule has 9 nitrogen and oxygen atoms in total. The van der Waals surface area contributed by atoms with Gasteiger partial charge in [-0.15, -0.1) is 0 Å². The predicted molar refractivity (Wildman–Crippen MR) is 106 cm³/mol. The molecule has 0 amide bonds. The lowest BCUT2D eigenvalue weighted by Crippen LogP contribution is -2.50. The minimum absolute atomic E-state index is 0.218. The number of esters is 2. The van der Waals surface area contributed by atoms with Crippen LogP contribution in [0.15, 0.2) is 34.9 Å². The van der Waals surface area contributed by atoms with Crippen LogP contribution in [-0.2, 0) is 28.5 Å². The van der Waals surface area contributed by atoms with Crippen LogP contribution in [0.5, 0.6) is 0 Å². The van der Waals surface area contributed by atoms with Crippen molar-refractivity contribution in [2.24, 2.45) is 0 Å². The van der Waals surface area contributed by atoms with Crippen LogP contribution in [0.4, 0.5) is 4.39 Å². The number of benzene rings is 1. The van der Waals surface area contributed by atoms with Crippen molar-refractivity contribution in [3.8, 4) is 0 Å². The summed E-state index contributed by atoms with van der Waals surface area (Å²) in [6.45, 7) is 2.40. The summed E-state index contributed by atoms with van der Waals surface area (Å²) in [4.78, 5) is 26.0. The predicted octanol–water partition coefficient (Wildman–Crippen LogP) is 2.61. The molecular weight excluding hydrogens is 423 g/mol. The summed E-state index contributed by atoms with van der Waals surface area (Å²) in [6, 6.07) is 4.48. The molecule has 5 rings (SSSR count). The molecule has 2 unspecified atom stereocenters. The van der Waals surface area contributed by atoms with Gasteiger partial charge in [-0.3, -0.25) is 4.74 Å². The Bertz CT molecular complexity index is 1050. The van der Waals surface area contributed by atoms with Crippen LogP contribution in [-0.4, -0.2) is 60.5 Å². The number of carbonyl (C=O) groups is 2. The summed E-state index contributed by atoms with van der Waals surface area (Å²) in [6.07, 6.45) is 3.55. The zero-order valence-corrected chi connectivity index (χ0v) is 17.3. The molecule has 0 N–H and O–H groups in total. The number of piperidine rings is 1. The minimum Gasteiger partial charge on any atom is -0.432 e. The van der Waals surface area contributed by atoms with Gasteiger partial charge in [-0.05, 0) is 38.1 Å². The number of hydrogen-bond donors (Lipinski definition) is 0. The molecule has 0 spiro atoms. The standard InChI is InChI=1S/C22H23FN2O7/c23-15-1-2-16-17(13-15)32-24-21(16)14-5-9-25(10-6-14)11-8-22-28-12-7-20(31-22)29-18(26)3-4-19(27)30-22/h1-4,13-14,20H,5-12H2/b4-3+. The normalized spacial score (nSPS) is 28.5. The highest BCUT2D eigenvalue weighted by molar-refractivity contribution is 5.91. The van der Waals surface area contributed by atoms with E-state index in [9.17, 15) is 14.0 Å². The zero-order valence-electron chi connectivity index (χ0n) is 17.3. The van der Waals surface area contributed by atoms with E-state index in [1.807, 2.05) is 0 Å². The Morgan fingerprint density at radius 1 is 1.12 bits per heavy atom. The molecule has 2 aromatic rings. The Labute approximate surface area is 183 Å². The third-order valence-corrected chi connectivity index (χ3v) is 6.02. The van der Waals surface area contributed by atoms with Gasteiger partial charge in [-0.1, -0.05) is 5.16 Å². The first-order chi connectivity index (χ1) is 15.5. The van der Waals surface area contributed by atoms with Crippen molar-refractivity contribution in [1.82, 2.24) is 10.1 Å². The van der Waals surface area contributed by atoms with Gasteiger partial charge in [0.15, 0.2) is 5.58 Å². The second-order valence-electron chi connectivity index (χ2n) is 8.13. The van der Waals surface area contributed by atoms with Crippen LogP contribution in [0.3, 0.4) is 0 Å². The smallest absolute Gasteiger partial charge is 0.335 e. The van der Waals surface area contributed by atoms with Gasteiger partial charge in [0.1, 0.15) is 5.82 Å². The highest BCUT2D eigenvalue weighted by atomic mass is 19.1. The summed E-state index contributed by atoms with van der Waals surface area (Å²) in [5.41, 5.74) is 1.32. The first kappa shape index (κ1) is 21.0. The Morgan fingerprint density at radius 3 is 2.78 bits per heavy atom.